The van der Waals surface area contributed by atoms with Crippen molar-refractivity contribution in [3.05, 3.63) is 72.3 Å². The van der Waals surface area contributed by atoms with Gasteiger partial charge in [-0.05, 0) is 49.9 Å². The van der Waals surface area contributed by atoms with Gasteiger partial charge >= 0.3 is 17.9 Å². The van der Waals surface area contributed by atoms with Crippen molar-refractivity contribution in [2.75, 3.05) is 36.5 Å². The smallest absolute Gasteiger partial charge is 0.328 e. The number of nitrogens with two attached hydrogens (primary N) is 1. The third kappa shape index (κ3) is 21.7. The molecule has 2 aromatic heterocycles. The molecule has 0 radical (unpaired) electrons. The van der Waals surface area contributed by atoms with E-state index in [-0.39, 0.29) is 40.6 Å². The number of carbonyl (C=O) groups excluding carboxylic acids is 11. The zero-order chi connectivity index (χ0) is 61.5. The third-order valence-electron chi connectivity index (χ3n) is 11.7. The normalized spacial score (nSPS) is 14.0. The molecule has 4 aromatic rings. The van der Waals surface area contributed by atoms with Gasteiger partial charge in [-0.2, -0.15) is 0 Å². The summed E-state index contributed by atoms with van der Waals surface area (Å²) in [7, 11) is 0. The van der Waals surface area contributed by atoms with Crippen molar-refractivity contribution in [2.24, 2.45) is 17.6 Å². The van der Waals surface area contributed by atoms with Gasteiger partial charge < -0.3 is 68.2 Å². The van der Waals surface area contributed by atoms with Crippen molar-refractivity contribution in [2.45, 2.75) is 104 Å². The maximum absolute atomic E-state index is 14.1. The molecule has 4 rings (SSSR count). The van der Waals surface area contributed by atoms with Crippen LogP contribution < -0.4 is 53.6 Å². The number of nitrogens with one attached hydrogen (secondary N) is 9. The molecule has 0 fully saturated rings. The van der Waals surface area contributed by atoms with E-state index in [1.165, 1.54) is 46.4 Å². The number of amides is 9. The number of ether oxygens (including phenoxy) is 2. The van der Waals surface area contributed by atoms with Crippen LogP contribution in [0.5, 0.6) is 0 Å². The summed E-state index contributed by atoms with van der Waals surface area (Å²) in [6.45, 7) is 9.55. The fourth-order valence-corrected chi connectivity index (χ4v) is 8.68. The van der Waals surface area contributed by atoms with Gasteiger partial charge in [-0.25, -0.2) is 19.6 Å². The van der Waals surface area contributed by atoms with Crippen LogP contribution >= 0.6 is 23.5 Å². The van der Waals surface area contributed by atoms with Crippen molar-refractivity contribution < 1.29 is 72.1 Å². The molecule has 8 atom stereocenters. The van der Waals surface area contributed by atoms with Gasteiger partial charge in [0, 0.05) is 25.4 Å². The maximum Gasteiger partial charge on any atom is 0.328 e. The molecule has 2 aromatic carbocycles. The number of fused-ring (bicyclic) bond motifs is 2. The van der Waals surface area contributed by atoms with Crippen molar-refractivity contribution in [3.63, 3.8) is 0 Å². The van der Waals surface area contributed by atoms with E-state index < -0.39 is 139 Å². The molecule has 9 amide bonds. The van der Waals surface area contributed by atoms with E-state index in [2.05, 4.69) is 67.8 Å². The highest BCUT2D eigenvalue weighted by Gasteiger charge is 2.35. The fourth-order valence-electron chi connectivity index (χ4n) is 6.96. The van der Waals surface area contributed by atoms with Crippen LogP contribution in [0.15, 0.2) is 60.9 Å². The number of carbonyl (C=O) groups is 12. The first-order valence-electron chi connectivity index (χ1n) is 25.8. The summed E-state index contributed by atoms with van der Waals surface area (Å²) < 4.78 is 11.0. The van der Waals surface area contributed by atoms with Crippen LogP contribution in [0.4, 0.5) is 0 Å². The first kappa shape index (κ1) is 66.9. The summed E-state index contributed by atoms with van der Waals surface area (Å²) in [6, 6.07) is 1.51. The Bertz CT molecular complexity index is 3030. The number of esters is 2. The zero-order valence-corrected chi connectivity index (χ0v) is 48.3. The van der Waals surface area contributed by atoms with Crippen molar-refractivity contribution in [3.8, 4) is 0 Å². The zero-order valence-electron chi connectivity index (χ0n) is 46.6. The largest absolute Gasteiger partial charge is 0.480 e. The second-order valence-corrected chi connectivity index (χ2v) is 21.3. The molecule has 0 bridgehead atoms. The average Bonchev–Trinajstić information content (AvgIpc) is 3.47. The van der Waals surface area contributed by atoms with E-state index in [1.807, 2.05) is 0 Å². The number of aliphatic carboxylic acids is 1. The van der Waals surface area contributed by atoms with Gasteiger partial charge in [0.05, 0.1) is 52.3 Å². The number of aromatic nitrogens is 4. The lowest BCUT2D eigenvalue weighted by Crippen LogP contribution is -2.59. The van der Waals surface area contributed by atoms with Crippen LogP contribution in [0.25, 0.3) is 22.1 Å². The van der Waals surface area contributed by atoms with Crippen LogP contribution in [0.3, 0.4) is 0 Å². The van der Waals surface area contributed by atoms with Crippen LogP contribution in [0.2, 0.25) is 0 Å². The van der Waals surface area contributed by atoms with E-state index in [1.54, 1.807) is 62.4 Å². The van der Waals surface area contributed by atoms with Gasteiger partial charge in [-0.15, -0.1) is 23.5 Å². The summed E-state index contributed by atoms with van der Waals surface area (Å²) in [5, 5.41) is 31.6. The molecule has 12 N–H and O–H groups in total. The number of nitrogens with zero attached hydrogens (tertiary/aromatic N) is 4. The van der Waals surface area contributed by atoms with E-state index in [9.17, 15) is 62.6 Å². The van der Waals surface area contributed by atoms with Gasteiger partial charge in [0.2, 0.25) is 41.4 Å². The average molecular weight is 1190 g/mol. The summed E-state index contributed by atoms with van der Waals surface area (Å²) in [6.07, 6.45) is 2.30. The predicted molar refractivity (Wildman–Crippen MR) is 302 cm³/mol. The number of hydrogen-bond donors (Lipinski definition) is 11. The van der Waals surface area contributed by atoms with Crippen LogP contribution in [-0.4, -0.2) is 181 Å². The number of benzene rings is 2. The van der Waals surface area contributed by atoms with E-state index in [4.69, 9.17) is 15.2 Å². The highest BCUT2D eigenvalue weighted by Crippen LogP contribution is 2.13. The quantitative estimate of drug-likeness (QED) is 0.0154. The number of rotatable bonds is 31. The van der Waals surface area contributed by atoms with Gasteiger partial charge in [-0.3, -0.25) is 57.9 Å². The summed E-state index contributed by atoms with van der Waals surface area (Å²) in [5.41, 5.74) is 7.19. The summed E-state index contributed by atoms with van der Waals surface area (Å²) >= 11 is 2.16. The maximum atomic E-state index is 14.1. The minimum atomic E-state index is -1.73. The molecule has 29 nitrogen and oxygen atoms in total. The van der Waals surface area contributed by atoms with Gasteiger partial charge in [-0.1, -0.05) is 52.0 Å². The van der Waals surface area contributed by atoms with Crippen LogP contribution in [0, 0.1) is 11.8 Å². The Morgan fingerprint density at radius 3 is 1.33 bits per heavy atom. The topological polar surface area (TPSA) is 429 Å². The molecule has 0 saturated heterocycles. The Labute approximate surface area is 484 Å². The second kappa shape index (κ2) is 32.8. The molecule has 0 aliphatic heterocycles. The molecule has 0 unspecified atom stereocenters. The molecule has 0 aliphatic rings. The third-order valence-corrected chi connectivity index (χ3v) is 13.6. The highest BCUT2D eigenvalue weighted by molar-refractivity contribution is 7.99. The first-order valence-corrected chi connectivity index (χ1v) is 28.1. The van der Waals surface area contributed by atoms with Crippen molar-refractivity contribution >= 4 is 117 Å². The Kier molecular flexibility index (Phi) is 26.4. The lowest BCUT2D eigenvalue weighted by atomic mass is 10.0. The standard InChI is InChI=1S/C52H68N14O15S2/c1-25(2)41(65-44(70)31(53)21-82-23-56-29(7)67)51(78)80-19-38(62-45(71)36-17-54-32-13-9-11-15-34(32)60-36)47(73)58-27(5)43(69)64-40(22-83-24-57-30(8)68)49(75)66-42(26(3)4)52(79)81-20-39(48(74)59-28(6)50(76)77)63-46(72)37-18-55-33-14-10-12-16-35(33)61-37/h9-18,25-28,31,38-42H,19-24,53H2,1-8H3,(H,56,67)(H,57,68)(H,58,73)(H,59,74)(H,62,71)(H,63,72)(H,64,69)(H,65,70)(H,66,75)(H,76,77)/t27-,28-,31-,38+,39+,40-,41-,42-/m0/s1. The number of para-hydroxylation sites is 4. The Balaban J connectivity index is 1.52. The first-order chi connectivity index (χ1) is 39.2. The number of carboxylic acids is 1. The van der Waals surface area contributed by atoms with Crippen LogP contribution in [0.1, 0.15) is 76.4 Å². The highest BCUT2D eigenvalue weighted by atomic mass is 32.2. The number of hydrogen-bond acceptors (Lipinski definition) is 21. The molecular formula is C52H68N14O15S2. The molecule has 83 heavy (non-hydrogen) atoms. The molecule has 2 heterocycles. The second-order valence-electron chi connectivity index (χ2n) is 19.2. The Hall–Kier alpha value is -8.58. The van der Waals surface area contributed by atoms with Gasteiger partial charge in [0.1, 0.15) is 66.9 Å². The molecule has 0 spiro atoms. The SMILES string of the molecule is CC(=O)NCSC[C@H](NC(=O)[C@H](C)NC(=O)[C@@H](COC(=O)[C@@H](NC(=O)[C@@H](N)CSCNC(C)=O)C(C)C)NC(=O)c1cnc2ccccc2n1)C(=O)N[C@H](C(=O)OC[C@@H](NC(=O)c1cnc2ccccc2n1)C(=O)N[C@@H](C)C(=O)O)C(C)C. The molecule has 31 heteroatoms. The predicted octanol–water partition coefficient (Wildman–Crippen LogP) is -1.60. The van der Waals surface area contributed by atoms with E-state index >= 15 is 0 Å². The van der Waals surface area contributed by atoms with E-state index in [0.29, 0.717) is 22.1 Å². The minimum Gasteiger partial charge on any atom is -0.480 e. The van der Waals surface area contributed by atoms with Crippen molar-refractivity contribution in [1.29, 1.82) is 0 Å². The Morgan fingerprint density at radius 1 is 0.506 bits per heavy atom. The number of thioether (sulfide) groups is 2. The molecule has 0 aliphatic carbocycles. The van der Waals surface area contributed by atoms with Gasteiger partial charge in [0.25, 0.3) is 11.8 Å². The minimum absolute atomic E-state index is 0.0355. The summed E-state index contributed by atoms with van der Waals surface area (Å²) in [5.74, 6) is -12.2. The number of carboxylic acid groups (broad SMARTS) is 1. The van der Waals surface area contributed by atoms with Crippen LogP contribution in [-0.2, 0) is 57.4 Å². The van der Waals surface area contributed by atoms with Gasteiger partial charge in [0.15, 0.2) is 0 Å². The monoisotopic (exact) mass is 1190 g/mol. The molecule has 448 valence electrons. The lowest BCUT2D eigenvalue weighted by molar-refractivity contribution is -0.151. The lowest BCUT2D eigenvalue weighted by Gasteiger charge is -2.27. The molecule has 0 saturated carbocycles. The summed E-state index contributed by atoms with van der Waals surface area (Å²) in [4.78, 5) is 174. The van der Waals surface area contributed by atoms with E-state index in [0.717, 1.165) is 31.1 Å². The fraction of sp³-hybridized carbons (Fsp3) is 0.462. The van der Waals surface area contributed by atoms with Crippen molar-refractivity contribution in [1.82, 2.24) is 67.8 Å². The molecular weight excluding hydrogens is 1120 g/mol. The Morgan fingerprint density at radius 2 is 0.904 bits per heavy atom.